The monoisotopic (exact) mass is 263 g/mol. The zero-order chi connectivity index (χ0) is 13.1. The van der Waals surface area contributed by atoms with Crippen LogP contribution in [0, 0.1) is 6.92 Å². The summed E-state index contributed by atoms with van der Waals surface area (Å²) < 4.78 is 3.61. The van der Waals surface area contributed by atoms with E-state index in [2.05, 4.69) is 14.9 Å². The van der Waals surface area contributed by atoms with E-state index in [-0.39, 0.29) is 16.2 Å². The first-order chi connectivity index (χ1) is 8.59. The highest BCUT2D eigenvalue weighted by molar-refractivity contribution is 7.08. The summed E-state index contributed by atoms with van der Waals surface area (Å²) in [5.74, 6) is -1.41. The average molecular weight is 263 g/mol. The van der Waals surface area contributed by atoms with Crippen molar-refractivity contribution >= 4 is 23.3 Å². The van der Waals surface area contributed by atoms with Gasteiger partial charge in [-0.15, -0.1) is 5.10 Å². The molecule has 1 heterocycles. The number of imide groups is 1. The predicted octanol–water partition coefficient (Wildman–Crippen LogP) is 1.12. The van der Waals surface area contributed by atoms with Crippen LogP contribution < -0.4 is 5.32 Å². The number of phenolic OH excluding ortho intramolecular Hbond substituents is 1. The van der Waals surface area contributed by atoms with E-state index < -0.39 is 11.8 Å². The standard InChI is InChI=1S/C11H9N3O3S/c1-6-9(18-14-13-6)11(17)12-10(16)7-4-2-3-5-8(7)15/h2-5,15H,1H3,(H,12,16,17). The van der Waals surface area contributed by atoms with E-state index in [4.69, 9.17) is 0 Å². The lowest BCUT2D eigenvalue weighted by Gasteiger charge is -2.04. The number of amides is 2. The molecule has 1 aromatic heterocycles. The highest BCUT2D eigenvalue weighted by Crippen LogP contribution is 2.16. The normalized spacial score (nSPS) is 10.1. The minimum atomic E-state index is -0.661. The van der Waals surface area contributed by atoms with Crippen molar-refractivity contribution in [3.05, 3.63) is 40.4 Å². The zero-order valence-corrected chi connectivity index (χ0v) is 10.2. The van der Waals surface area contributed by atoms with Gasteiger partial charge in [-0.25, -0.2) is 0 Å². The topological polar surface area (TPSA) is 92.2 Å². The number of nitrogens with zero attached hydrogens (tertiary/aromatic N) is 2. The molecule has 92 valence electrons. The number of para-hydroxylation sites is 1. The largest absolute Gasteiger partial charge is 0.507 e. The van der Waals surface area contributed by atoms with Gasteiger partial charge in [-0.2, -0.15) is 0 Å². The Morgan fingerprint density at radius 1 is 1.28 bits per heavy atom. The molecule has 0 atom stereocenters. The second-order valence-corrected chi connectivity index (χ2v) is 4.24. The molecule has 2 rings (SSSR count). The van der Waals surface area contributed by atoms with Crippen LogP contribution in [-0.4, -0.2) is 26.5 Å². The van der Waals surface area contributed by atoms with Crippen molar-refractivity contribution < 1.29 is 14.7 Å². The maximum atomic E-state index is 11.8. The molecule has 2 amide bonds. The summed E-state index contributed by atoms with van der Waals surface area (Å²) in [6.07, 6.45) is 0. The first-order valence-electron chi connectivity index (χ1n) is 5.02. The Kier molecular flexibility index (Phi) is 3.33. The number of hydrogen-bond acceptors (Lipinski definition) is 6. The fourth-order valence-corrected chi connectivity index (χ4v) is 1.88. The van der Waals surface area contributed by atoms with Gasteiger partial charge in [0.25, 0.3) is 11.8 Å². The molecule has 0 fully saturated rings. The van der Waals surface area contributed by atoms with Gasteiger partial charge < -0.3 is 5.11 Å². The van der Waals surface area contributed by atoms with Crippen molar-refractivity contribution in [1.29, 1.82) is 0 Å². The molecule has 0 saturated heterocycles. The SMILES string of the molecule is Cc1nnsc1C(=O)NC(=O)c1ccccc1O. The molecule has 2 aromatic rings. The second-order valence-electron chi connectivity index (χ2n) is 3.49. The summed E-state index contributed by atoms with van der Waals surface area (Å²) in [5.41, 5.74) is 0.503. The fourth-order valence-electron chi connectivity index (χ4n) is 1.33. The minimum absolute atomic E-state index is 0.0426. The summed E-state index contributed by atoms with van der Waals surface area (Å²) >= 11 is 0.911. The number of rotatable bonds is 2. The van der Waals surface area contributed by atoms with Crippen LogP contribution >= 0.6 is 11.5 Å². The van der Waals surface area contributed by atoms with Crippen LogP contribution in [0.5, 0.6) is 5.75 Å². The van der Waals surface area contributed by atoms with E-state index in [0.29, 0.717) is 5.69 Å². The van der Waals surface area contributed by atoms with Gasteiger partial charge in [0.05, 0.1) is 11.3 Å². The Hall–Kier alpha value is -2.28. The number of phenols is 1. The summed E-state index contributed by atoms with van der Waals surface area (Å²) in [7, 11) is 0. The van der Waals surface area contributed by atoms with Crippen LogP contribution in [0.2, 0.25) is 0 Å². The van der Waals surface area contributed by atoms with Crippen molar-refractivity contribution in [3.8, 4) is 5.75 Å². The number of aromatic nitrogens is 2. The summed E-state index contributed by atoms with van der Waals surface area (Å²) in [6, 6.07) is 5.98. The molecule has 0 aliphatic carbocycles. The van der Waals surface area contributed by atoms with Gasteiger partial charge in [-0.1, -0.05) is 16.6 Å². The van der Waals surface area contributed by atoms with Gasteiger partial charge in [0.2, 0.25) is 0 Å². The summed E-state index contributed by atoms with van der Waals surface area (Å²) in [6.45, 7) is 1.63. The molecule has 0 aliphatic rings. The second kappa shape index (κ2) is 4.92. The van der Waals surface area contributed by atoms with Crippen LogP contribution in [0.4, 0.5) is 0 Å². The van der Waals surface area contributed by atoms with Gasteiger partial charge in [-0.05, 0) is 30.6 Å². The Morgan fingerprint density at radius 2 is 2.00 bits per heavy atom. The van der Waals surface area contributed by atoms with E-state index >= 15 is 0 Å². The number of hydrogen-bond donors (Lipinski definition) is 2. The minimum Gasteiger partial charge on any atom is -0.507 e. The smallest absolute Gasteiger partial charge is 0.271 e. The Bertz CT molecular complexity index is 609. The zero-order valence-electron chi connectivity index (χ0n) is 9.38. The number of aryl methyl sites for hydroxylation is 1. The van der Waals surface area contributed by atoms with E-state index in [0.717, 1.165) is 11.5 Å². The fraction of sp³-hybridized carbons (Fsp3) is 0.0909. The third-order valence-electron chi connectivity index (χ3n) is 2.23. The van der Waals surface area contributed by atoms with E-state index in [1.54, 1.807) is 19.1 Å². The third kappa shape index (κ3) is 2.35. The molecule has 0 spiro atoms. The van der Waals surface area contributed by atoms with E-state index in [9.17, 15) is 14.7 Å². The molecule has 0 aliphatic heterocycles. The Balaban J connectivity index is 2.16. The van der Waals surface area contributed by atoms with Crippen molar-refractivity contribution in [2.45, 2.75) is 6.92 Å². The van der Waals surface area contributed by atoms with Crippen molar-refractivity contribution in [3.63, 3.8) is 0 Å². The number of carbonyl (C=O) groups excluding carboxylic acids is 2. The Labute approximate surface area is 106 Å². The molecule has 0 bridgehead atoms. The number of benzene rings is 1. The molecule has 0 unspecified atom stereocenters. The number of carbonyl (C=O) groups is 2. The van der Waals surface area contributed by atoms with Crippen LogP contribution in [0.1, 0.15) is 25.7 Å². The highest BCUT2D eigenvalue weighted by atomic mass is 32.1. The lowest BCUT2D eigenvalue weighted by Crippen LogP contribution is -2.30. The molecule has 0 radical (unpaired) electrons. The molecular weight excluding hydrogens is 254 g/mol. The van der Waals surface area contributed by atoms with E-state index in [1.165, 1.54) is 12.1 Å². The highest BCUT2D eigenvalue weighted by Gasteiger charge is 2.18. The van der Waals surface area contributed by atoms with Gasteiger partial charge in [0.15, 0.2) is 0 Å². The summed E-state index contributed by atoms with van der Waals surface area (Å²) in [5, 5.41) is 15.3. The van der Waals surface area contributed by atoms with Crippen LogP contribution in [0.3, 0.4) is 0 Å². The molecule has 18 heavy (non-hydrogen) atoms. The van der Waals surface area contributed by atoms with Gasteiger partial charge in [0.1, 0.15) is 10.6 Å². The van der Waals surface area contributed by atoms with Crippen molar-refractivity contribution in [2.24, 2.45) is 0 Å². The Morgan fingerprint density at radius 3 is 2.61 bits per heavy atom. The quantitative estimate of drug-likeness (QED) is 0.792. The van der Waals surface area contributed by atoms with Crippen LogP contribution in [0.25, 0.3) is 0 Å². The average Bonchev–Trinajstić information content (AvgIpc) is 2.76. The van der Waals surface area contributed by atoms with Gasteiger partial charge >= 0.3 is 0 Å². The van der Waals surface area contributed by atoms with Crippen molar-refractivity contribution in [2.75, 3.05) is 0 Å². The molecule has 7 heteroatoms. The third-order valence-corrected chi connectivity index (χ3v) is 3.06. The molecule has 1 aromatic carbocycles. The first-order valence-corrected chi connectivity index (χ1v) is 5.79. The maximum Gasteiger partial charge on any atom is 0.271 e. The molecule has 0 saturated carbocycles. The predicted molar refractivity (Wildman–Crippen MR) is 64.5 cm³/mol. The lowest BCUT2D eigenvalue weighted by atomic mass is 10.2. The number of aromatic hydroxyl groups is 1. The van der Waals surface area contributed by atoms with Gasteiger partial charge in [-0.3, -0.25) is 14.9 Å². The van der Waals surface area contributed by atoms with Gasteiger partial charge in [0, 0.05) is 0 Å². The molecule has 2 N–H and O–H groups in total. The first kappa shape index (κ1) is 12.2. The van der Waals surface area contributed by atoms with Crippen molar-refractivity contribution in [1.82, 2.24) is 14.9 Å². The van der Waals surface area contributed by atoms with Crippen LogP contribution in [-0.2, 0) is 0 Å². The number of nitrogens with one attached hydrogen (secondary N) is 1. The summed E-state index contributed by atoms with van der Waals surface area (Å²) in [4.78, 5) is 23.8. The van der Waals surface area contributed by atoms with E-state index in [1.807, 2.05) is 0 Å². The molecule has 6 nitrogen and oxygen atoms in total. The maximum absolute atomic E-state index is 11.8. The molecular formula is C11H9N3O3S. The lowest BCUT2D eigenvalue weighted by molar-refractivity contribution is 0.0850. The van der Waals surface area contributed by atoms with Crippen LogP contribution in [0.15, 0.2) is 24.3 Å².